The Morgan fingerprint density at radius 1 is 1.14 bits per heavy atom. The number of halogens is 1. The third-order valence-corrected chi connectivity index (χ3v) is 3.51. The predicted molar refractivity (Wildman–Crippen MR) is 88.9 cm³/mol. The normalized spacial score (nSPS) is 11.5. The van der Waals surface area contributed by atoms with E-state index in [1.165, 1.54) is 0 Å². The molecule has 0 N–H and O–H groups in total. The molecule has 2 rings (SSSR count). The predicted octanol–water partition coefficient (Wildman–Crippen LogP) is 5.28. The Bertz CT molecular complexity index is 620. The average Bonchev–Trinajstić information content (AvgIpc) is 2.37. The minimum absolute atomic E-state index is 0.0209. The van der Waals surface area contributed by atoms with Crippen LogP contribution in [0.2, 0.25) is 0 Å². The summed E-state index contributed by atoms with van der Waals surface area (Å²) in [6.45, 7) is 8.63. The van der Waals surface area contributed by atoms with Crippen LogP contribution < -0.4 is 4.74 Å². The number of benzene rings is 1. The lowest BCUT2D eigenvalue weighted by atomic mass is 9.86. The number of hydrogen-bond donors (Lipinski definition) is 0. The van der Waals surface area contributed by atoms with Crippen molar-refractivity contribution in [1.82, 2.24) is 9.97 Å². The smallest absolute Gasteiger partial charge is 0.223 e. The van der Waals surface area contributed by atoms with E-state index in [4.69, 9.17) is 4.74 Å². The van der Waals surface area contributed by atoms with E-state index in [1.54, 1.807) is 6.07 Å². The maximum Gasteiger partial charge on any atom is 0.223 e. The molecule has 0 saturated carbocycles. The van der Waals surface area contributed by atoms with Crippen molar-refractivity contribution in [3.05, 3.63) is 46.3 Å². The highest BCUT2D eigenvalue weighted by molar-refractivity contribution is 9.10. The van der Waals surface area contributed by atoms with Crippen molar-refractivity contribution in [2.75, 3.05) is 0 Å². The zero-order valence-electron chi connectivity index (χ0n) is 13.0. The summed E-state index contributed by atoms with van der Waals surface area (Å²) in [5.74, 6) is 2.23. The van der Waals surface area contributed by atoms with Gasteiger partial charge in [0.2, 0.25) is 5.88 Å². The number of para-hydroxylation sites is 1. The molecule has 0 aliphatic carbocycles. The number of hydrogen-bond acceptors (Lipinski definition) is 3. The van der Waals surface area contributed by atoms with Crippen molar-refractivity contribution in [3.8, 4) is 11.6 Å². The Balaban J connectivity index is 2.35. The quantitative estimate of drug-likeness (QED) is 0.704. The molecular weight excluding hydrogens is 328 g/mol. The maximum absolute atomic E-state index is 6.02. The summed E-state index contributed by atoms with van der Waals surface area (Å²) in [6.07, 6.45) is 1.85. The van der Waals surface area contributed by atoms with Gasteiger partial charge < -0.3 is 4.74 Å². The van der Waals surface area contributed by atoms with Crippen LogP contribution >= 0.6 is 15.9 Å². The van der Waals surface area contributed by atoms with Gasteiger partial charge in [-0.1, -0.05) is 45.9 Å². The van der Waals surface area contributed by atoms with E-state index in [2.05, 4.69) is 59.7 Å². The average molecular weight is 349 g/mol. The fourth-order valence-electron chi connectivity index (χ4n) is 2.12. The highest BCUT2D eigenvalue weighted by atomic mass is 79.9. The van der Waals surface area contributed by atoms with Crippen molar-refractivity contribution in [2.24, 2.45) is 0 Å². The van der Waals surface area contributed by atoms with Gasteiger partial charge in [-0.25, -0.2) is 4.98 Å². The molecule has 0 unspecified atom stereocenters. The third-order valence-electron chi connectivity index (χ3n) is 3.10. The molecule has 1 aromatic carbocycles. The van der Waals surface area contributed by atoms with E-state index in [-0.39, 0.29) is 5.41 Å². The molecule has 2 aromatic rings. The van der Waals surface area contributed by atoms with Gasteiger partial charge in [0.25, 0.3) is 0 Å². The lowest BCUT2D eigenvalue weighted by molar-refractivity contribution is 0.436. The summed E-state index contributed by atoms with van der Waals surface area (Å²) in [4.78, 5) is 8.84. The highest BCUT2D eigenvalue weighted by Crippen LogP contribution is 2.33. The van der Waals surface area contributed by atoms with Crippen LogP contribution in [0.3, 0.4) is 0 Å². The first kappa shape index (κ1) is 16.0. The molecule has 0 atom stereocenters. The maximum atomic E-state index is 6.02. The van der Waals surface area contributed by atoms with E-state index < -0.39 is 0 Å². The van der Waals surface area contributed by atoms with Crippen LogP contribution in [0.1, 0.15) is 45.5 Å². The molecule has 21 heavy (non-hydrogen) atoms. The minimum Gasteiger partial charge on any atom is -0.439 e. The van der Waals surface area contributed by atoms with E-state index >= 15 is 0 Å². The molecule has 0 aliphatic heterocycles. The number of rotatable bonds is 4. The van der Waals surface area contributed by atoms with Gasteiger partial charge in [-0.3, -0.25) is 0 Å². The molecule has 0 spiro atoms. The molecule has 0 fully saturated rings. The molecule has 1 aromatic heterocycles. The molecule has 0 bridgehead atoms. The van der Waals surface area contributed by atoms with Gasteiger partial charge in [-0.15, -0.1) is 0 Å². The lowest BCUT2D eigenvalue weighted by Crippen LogP contribution is -2.12. The molecule has 4 heteroatoms. The van der Waals surface area contributed by atoms with Gasteiger partial charge in [0.05, 0.1) is 0 Å². The standard InChI is InChI=1S/C17H21BrN2O/c1-5-8-15-19-14(18)11-16(20-15)21-13-10-7-6-9-12(13)17(2,3)4/h6-7,9-11H,5,8H2,1-4H3. The van der Waals surface area contributed by atoms with E-state index in [0.717, 1.165) is 34.6 Å². The van der Waals surface area contributed by atoms with E-state index in [0.29, 0.717) is 5.88 Å². The summed E-state index contributed by atoms with van der Waals surface area (Å²) in [7, 11) is 0. The Labute approximate surface area is 134 Å². The van der Waals surface area contributed by atoms with E-state index in [1.807, 2.05) is 18.2 Å². The van der Waals surface area contributed by atoms with Crippen LogP contribution in [0.5, 0.6) is 11.6 Å². The first-order valence-corrected chi connectivity index (χ1v) is 8.00. The number of ether oxygens (including phenoxy) is 1. The van der Waals surface area contributed by atoms with E-state index in [9.17, 15) is 0 Å². The second-order valence-corrected chi connectivity index (χ2v) is 6.86. The van der Waals surface area contributed by atoms with Gasteiger partial charge in [-0.2, -0.15) is 4.98 Å². The number of aryl methyl sites for hydroxylation is 1. The van der Waals surface area contributed by atoms with Crippen LogP contribution in [0.25, 0.3) is 0 Å². The highest BCUT2D eigenvalue weighted by Gasteiger charge is 2.19. The largest absolute Gasteiger partial charge is 0.439 e. The molecule has 0 amide bonds. The van der Waals surface area contributed by atoms with Gasteiger partial charge in [0, 0.05) is 18.1 Å². The molecule has 3 nitrogen and oxygen atoms in total. The number of nitrogens with zero attached hydrogens (tertiary/aromatic N) is 2. The van der Waals surface area contributed by atoms with Crippen LogP contribution in [0.15, 0.2) is 34.9 Å². The van der Waals surface area contributed by atoms with Gasteiger partial charge >= 0.3 is 0 Å². The van der Waals surface area contributed by atoms with Crippen molar-refractivity contribution in [2.45, 2.75) is 46.0 Å². The fourth-order valence-corrected chi connectivity index (χ4v) is 2.52. The summed E-state index contributed by atoms with van der Waals surface area (Å²) in [6, 6.07) is 9.90. The van der Waals surface area contributed by atoms with Gasteiger partial charge in [0.1, 0.15) is 16.2 Å². The SMILES string of the molecule is CCCc1nc(Br)cc(Oc2ccccc2C(C)(C)C)n1. The molecule has 1 heterocycles. The molecule has 0 saturated heterocycles. The summed E-state index contributed by atoms with van der Waals surface area (Å²) in [5.41, 5.74) is 1.18. The summed E-state index contributed by atoms with van der Waals surface area (Å²) in [5, 5.41) is 0. The molecule has 0 radical (unpaired) electrons. The summed E-state index contributed by atoms with van der Waals surface area (Å²) < 4.78 is 6.78. The first-order valence-electron chi connectivity index (χ1n) is 7.21. The minimum atomic E-state index is 0.0209. The van der Waals surface area contributed by atoms with Gasteiger partial charge in [-0.05, 0) is 33.8 Å². The zero-order valence-corrected chi connectivity index (χ0v) is 14.6. The van der Waals surface area contributed by atoms with Crippen LogP contribution in [-0.4, -0.2) is 9.97 Å². The molecular formula is C17H21BrN2O. The van der Waals surface area contributed by atoms with Crippen molar-refractivity contribution >= 4 is 15.9 Å². The molecule has 112 valence electrons. The first-order chi connectivity index (χ1) is 9.90. The molecule has 0 aliphatic rings. The third kappa shape index (κ3) is 4.27. The van der Waals surface area contributed by atoms with Gasteiger partial charge in [0.15, 0.2) is 0 Å². The lowest BCUT2D eigenvalue weighted by Gasteiger charge is -2.22. The van der Waals surface area contributed by atoms with Crippen molar-refractivity contribution < 1.29 is 4.74 Å². The Kier molecular flexibility index (Phi) is 4.99. The fraction of sp³-hybridized carbons (Fsp3) is 0.412. The second kappa shape index (κ2) is 6.56. The zero-order chi connectivity index (χ0) is 15.5. The Morgan fingerprint density at radius 3 is 2.52 bits per heavy atom. The van der Waals surface area contributed by atoms with Crippen LogP contribution in [0.4, 0.5) is 0 Å². The Morgan fingerprint density at radius 2 is 1.86 bits per heavy atom. The number of aromatic nitrogens is 2. The van der Waals surface area contributed by atoms with Crippen LogP contribution in [-0.2, 0) is 11.8 Å². The Hall–Kier alpha value is -1.42. The monoisotopic (exact) mass is 348 g/mol. The summed E-state index contributed by atoms with van der Waals surface area (Å²) >= 11 is 3.42. The topological polar surface area (TPSA) is 35.0 Å². The van der Waals surface area contributed by atoms with Crippen molar-refractivity contribution in [3.63, 3.8) is 0 Å². The van der Waals surface area contributed by atoms with Crippen molar-refractivity contribution in [1.29, 1.82) is 0 Å². The second-order valence-electron chi connectivity index (χ2n) is 6.04. The van der Waals surface area contributed by atoms with Crippen LogP contribution in [0, 0.1) is 0 Å².